The fourth-order valence-corrected chi connectivity index (χ4v) is 6.49. The molecule has 2 amide bonds. The highest BCUT2D eigenvalue weighted by atomic mass is 35.5. The highest BCUT2D eigenvalue weighted by Gasteiger charge is 2.51. The fourth-order valence-electron chi connectivity index (χ4n) is 6.20. The largest absolute Gasteiger partial charge is 0.465 e. The first-order chi connectivity index (χ1) is 16.4. The number of carbonyl (C=O) groups excluding carboxylic acids is 1. The van der Waals surface area contributed by atoms with E-state index in [1.54, 1.807) is 0 Å². The van der Waals surface area contributed by atoms with E-state index in [9.17, 15) is 14.7 Å². The van der Waals surface area contributed by atoms with Gasteiger partial charge in [0.05, 0.1) is 16.5 Å². The molecule has 9 heteroatoms. The number of aromatic nitrogens is 1. The first-order valence-electron chi connectivity index (χ1n) is 12.4. The molecule has 0 radical (unpaired) electrons. The van der Waals surface area contributed by atoms with Gasteiger partial charge in [0.1, 0.15) is 5.82 Å². The van der Waals surface area contributed by atoms with E-state index in [1.807, 2.05) is 18.3 Å². The quantitative estimate of drug-likeness (QED) is 0.674. The van der Waals surface area contributed by atoms with Crippen molar-refractivity contribution >= 4 is 35.0 Å². The van der Waals surface area contributed by atoms with Crippen LogP contribution in [-0.4, -0.2) is 81.9 Å². The molecule has 1 saturated carbocycles. The molecule has 0 bridgehead atoms. The monoisotopic (exact) mass is 488 g/mol. The van der Waals surface area contributed by atoms with Crippen LogP contribution < -0.4 is 4.90 Å². The number of hydrogen-bond acceptors (Lipinski definition) is 5. The van der Waals surface area contributed by atoms with Gasteiger partial charge in [-0.2, -0.15) is 0 Å². The number of aliphatic hydroxyl groups excluding tert-OH is 1. The molecule has 0 aromatic carbocycles. The van der Waals surface area contributed by atoms with Crippen molar-refractivity contribution in [3.8, 4) is 0 Å². The lowest BCUT2D eigenvalue weighted by atomic mass is 9.78. The lowest BCUT2D eigenvalue weighted by molar-refractivity contribution is -0.139. The topological polar surface area (TPSA) is 97.2 Å². The van der Waals surface area contributed by atoms with Gasteiger partial charge in [-0.3, -0.25) is 4.79 Å². The second-order valence-corrected chi connectivity index (χ2v) is 10.7. The number of aliphatic hydroxyl groups is 1. The Morgan fingerprint density at radius 3 is 2.62 bits per heavy atom. The molecule has 1 spiro atoms. The van der Waals surface area contributed by atoms with Crippen LogP contribution in [0.3, 0.4) is 0 Å². The van der Waals surface area contributed by atoms with E-state index in [2.05, 4.69) is 9.80 Å². The van der Waals surface area contributed by atoms with E-state index >= 15 is 0 Å². The number of carboxylic acid groups (broad SMARTS) is 1. The zero-order valence-corrected chi connectivity index (χ0v) is 20.2. The zero-order valence-electron chi connectivity index (χ0n) is 19.5. The van der Waals surface area contributed by atoms with E-state index in [1.165, 1.54) is 4.90 Å². The van der Waals surface area contributed by atoms with Crippen molar-refractivity contribution in [3.63, 3.8) is 0 Å². The van der Waals surface area contributed by atoms with Crippen LogP contribution in [0.25, 0.3) is 5.57 Å². The number of piperidine rings is 1. The molecule has 3 fully saturated rings. The van der Waals surface area contributed by atoms with Crippen LogP contribution in [0.15, 0.2) is 18.3 Å². The predicted molar refractivity (Wildman–Crippen MR) is 130 cm³/mol. The van der Waals surface area contributed by atoms with E-state index < -0.39 is 6.09 Å². The third-order valence-electron chi connectivity index (χ3n) is 8.20. The molecule has 4 heterocycles. The number of carbonyl (C=O) groups is 2. The Kier molecular flexibility index (Phi) is 6.46. The number of halogens is 1. The van der Waals surface area contributed by atoms with Gasteiger partial charge in [-0.1, -0.05) is 17.7 Å². The maximum Gasteiger partial charge on any atom is 0.407 e. The number of hydrogen-bond donors (Lipinski definition) is 2. The summed E-state index contributed by atoms with van der Waals surface area (Å²) in [5.41, 5.74) is 1.62. The minimum Gasteiger partial charge on any atom is -0.465 e. The Labute approximate surface area is 205 Å². The molecule has 5 rings (SSSR count). The summed E-state index contributed by atoms with van der Waals surface area (Å²) in [6.07, 6.45) is 9.31. The summed E-state index contributed by atoms with van der Waals surface area (Å²) < 4.78 is 0. The third kappa shape index (κ3) is 4.38. The summed E-state index contributed by atoms with van der Waals surface area (Å²) in [6, 6.07) is 2.18. The van der Waals surface area contributed by atoms with Crippen LogP contribution in [0.4, 0.5) is 10.6 Å². The Bertz CT molecular complexity index is 993. The SMILES string of the molecule is O=C(O)N1CC=C(c2cnc(N3CCC[C@]4(CCN(C5CCC(O)CC5)C4=O)C3)c(Cl)c2)CC1. The summed E-state index contributed by atoms with van der Waals surface area (Å²) in [5, 5.41) is 19.6. The molecular formula is C25H33ClN4O4. The van der Waals surface area contributed by atoms with Crippen LogP contribution in [0, 0.1) is 5.41 Å². The molecule has 4 aliphatic rings. The van der Waals surface area contributed by atoms with Gasteiger partial charge in [-0.15, -0.1) is 0 Å². The molecule has 184 valence electrons. The van der Waals surface area contributed by atoms with Crippen molar-refractivity contribution in [3.05, 3.63) is 28.9 Å². The van der Waals surface area contributed by atoms with Crippen molar-refractivity contribution in [1.29, 1.82) is 0 Å². The molecule has 2 N–H and O–H groups in total. The van der Waals surface area contributed by atoms with E-state index in [-0.39, 0.29) is 23.5 Å². The minimum absolute atomic E-state index is 0.218. The molecular weight excluding hydrogens is 456 g/mol. The van der Waals surface area contributed by atoms with Gasteiger partial charge in [-0.25, -0.2) is 9.78 Å². The number of pyridine rings is 1. The van der Waals surface area contributed by atoms with Gasteiger partial charge < -0.3 is 24.9 Å². The molecule has 0 unspecified atom stereocenters. The van der Waals surface area contributed by atoms with E-state index in [0.29, 0.717) is 31.1 Å². The Hall–Kier alpha value is -2.32. The average Bonchev–Trinajstić information content (AvgIpc) is 3.14. The lowest BCUT2D eigenvalue weighted by Crippen LogP contribution is -2.50. The number of amides is 2. The third-order valence-corrected chi connectivity index (χ3v) is 8.48. The maximum atomic E-state index is 13.6. The number of anilines is 1. The summed E-state index contributed by atoms with van der Waals surface area (Å²) >= 11 is 6.70. The number of likely N-dealkylation sites (tertiary alicyclic amines) is 1. The van der Waals surface area contributed by atoms with Gasteiger partial charge in [0, 0.05) is 45.0 Å². The van der Waals surface area contributed by atoms with Crippen LogP contribution in [-0.2, 0) is 4.79 Å². The molecule has 1 aromatic rings. The minimum atomic E-state index is -0.901. The maximum absolute atomic E-state index is 13.6. The van der Waals surface area contributed by atoms with Gasteiger partial charge in [0.15, 0.2) is 0 Å². The van der Waals surface area contributed by atoms with Crippen molar-refractivity contribution in [2.45, 2.75) is 63.5 Å². The van der Waals surface area contributed by atoms with Gasteiger partial charge in [0.2, 0.25) is 5.91 Å². The average molecular weight is 489 g/mol. The first-order valence-corrected chi connectivity index (χ1v) is 12.8. The zero-order chi connectivity index (χ0) is 23.9. The fraction of sp³-hybridized carbons (Fsp3) is 0.640. The van der Waals surface area contributed by atoms with Gasteiger partial charge in [-0.05, 0) is 68.6 Å². The molecule has 1 aromatic heterocycles. The summed E-state index contributed by atoms with van der Waals surface area (Å²) in [6.45, 7) is 3.10. The molecule has 1 aliphatic carbocycles. The van der Waals surface area contributed by atoms with Crippen LogP contribution in [0.5, 0.6) is 0 Å². The summed E-state index contributed by atoms with van der Waals surface area (Å²) in [4.78, 5) is 35.1. The molecule has 34 heavy (non-hydrogen) atoms. The Balaban J connectivity index is 1.29. The summed E-state index contributed by atoms with van der Waals surface area (Å²) in [5.74, 6) is 0.988. The van der Waals surface area contributed by atoms with Crippen LogP contribution >= 0.6 is 11.6 Å². The molecule has 8 nitrogen and oxygen atoms in total. The lowest BCUT2D eigenvalue weighted by Gasteiger charge is -2.41. The second-order valence-electron chi connectivity index (χ2n) is 10.3. The summed E-state index contributed by atoms with van der Waals surface area (Å²) in [7, 11) is 0. The molecule has 2 saturated heterocycles. The van der Waals surface area contributed by atoms with E-state index in [4.69, 9.17) is 21.7 Å². The Morgan fingerprint density at radius 2 is 1.94 bits per heavy atom. The Morgan fingerprint density at radius 1 is 1.15 bits per heavy atom. The predicted octanol–water partition coefficient (Wildman–Crippen LogP) is 3.62. The van der Waals surface area contributed by atoms with Gasteiger partial charge >= 0.3 is 6.09 Å². The van der Waals surface area contributed by atoms with E-state index in [0.717, 1.165) is 75.0 Å². The van der Waals surface area contributed by atoms with Crippen molar-refractivity contribution < 1.29 is 19.8 Å². The second kappa shape index (κ2) is 9.38. The smallest absolute Gasteiger partial charge is 0.407 e. The number of rotatable bonds is 3. The van der Waals surface area contributed by atoms with Crippen molar-refractivity contribution in [1.82, 2.24) is 14.8 Å². The first kappa shape index (κ1) is 23.4. The molecule has 1 atom stereocenters. The highest BCUT2D eigenvalue weighted by Crippen LogP contribution is 2.44. The number of nitrogens with zero attached hydrogens (tertiary/aromatic N) is 4. The van der Waals surface area contributed by atoms with Crippen molar-refractivity contribution in [2.24, 2.45) is 5.41 Å². The van der Waals surface area contributed by atoms with Crippen LogP contribution in [0.2, 0.25) is 5.02 Å². The molecule has 3 aliphatic heterocycles. The standard InChI is InChI=1S/C25H33ClN4O4/c26-21-14-18(17-6-11-28(12-7-17)24(33)34)15-27-22(21)29-10-1-8-25(16-29)9-13-30(23(25)32)19-2-4-20(31)5-3-19/h6,14-15,19-20,31H,1-5,7-13,16H2,(H,33,34)/t19?,20?,25-/m0/s1. The van der Waals surface area contributed by atoms with Crippen LogP contribution in [0.1, 0.15) is 56.9 Å². The highest BCUT2D eigenvalue weighted by molar-refractivity contribution is 6.33. The normalized spacial score (nSPS) is 30.1. The van der Waals surface area contributed by atoms with Gasteiger partial charge in [0.25, 0.3) is 0 Å². The van der Waals surface area contributed by atoms with Crippen molar-refractivity contribution in [2.75, 3.05) is 37.6 Å².